The number of imide groups is 1. The second-order valence-electron chi connectivity index (χ2n) is 3.64. The van der Waals surface area contributed by atoms with Crippen molar-refractivity contribution in [1.82, 2.24) is 10.4 Å². The second-order valence-corrected chi connectivity index (χ2v) is 3.64. The van der Waals surface area contributed by atoms with Gasteiger partial charge >= 0.3 is 5.97 Å². The number of carbonyl (C=O) groups is 3. The zero-order valence-electron chi connectivity index (χ0n) is 8.19. The number of nitrogens with one attached hydrogen (secondary N) is 1. The van der Waals surface area contributed by atoms with Crippen molar-refractivity contribution in [3.63, 3.8) is 0 Å². The van der Waals surface area contributed by atoms with E-state index in [0.29, 0.717) is 11.5 Å². The van der Waals surface area contributed by atoms with Gasteiger partial charge in [-0.05, 0) is 19.4 Å². The minimum absolute atomic E-state index is 0.129. The van der Waals surface area contributed by atoms with Crippen LogP contribution in [0.25, 0.3) is 0 Å². The van der Waals surface area contributed by atoms with Crippen molar-refractivity contribution in [1.29, 1.82) is 0 Å². The van der Waals surface area contributed by atoms with Gasteiger partial charge in [0.2, 0.25) is 0 Å². The first kappa shape index (κ1) is 10.1. The third-order valence-corrected chi connectivity index (χ3v) is 2.53. The van der Waals surface area contributed by atoms with Gasteiger partial charge in [0.25, 0.3) is 11.8 Å². The van der Waals surface area contributed by atoms with Gasteiger partial charge in [-0.2, -0.15) is 0 Å². The molecule has 1 unspecified atom stereocenters. The molecule has 0 spiro atoms. The monoisotopic (exact) mass is 212 g/mol. The predicted molar refractivity (Wildman–Crippen MR) is 48.2 cm³/mol. The Morgan fingerprint density at radius 2 is 2.00 bits per heavy atom. The Bertz CT molecular complexity index is 293. The SMILES string of the molecule is O=C(ON1C(=O)CCC1=O)C1CCCN1. The molecular formula is C9H12N2O4. The van der Waals surface area contributed by atoms with Gasteiger partial charge in [-0.15, -0.1) is 5.06 Å². The van der Waals surface area contributed by atoms with Crippen LogP contribution in [0, 0.1) is 0 Å². The average molecular weight is 212 g/mol. The highest BCUT2D eigenvalue weighted by Gasteiger charge is 2.35. The summed E-state index contributed by atoms with van der Waals surface area (Å²) >= 11 is 0. The largest absolute Gasteiger partial charge is 0.349 e. The lowest BCUT2D eigenvalue weighted by Crippen LogP contribution is -2.40. The Balaban J connectivity index is 1.93. The number of nitrogens with zero attached hydrogens (tertiary/aromatic N) is 1. The highest BCUT2D eigenvalue weighted by molar-refractivity contribution is 6.01. The van der Waals surface area contributed by atoms with E-state index in [1.807, 2.05) is 0 Å². The third-order valence-electron chi connectivity index (χ3n) is 2.53. The molecule has 0 radical (unpaired) electrons. The van der Waals surface area contributed by atoms with Gasteiger partial charge in [0.15, 0.2) is 0 Å². The fourth-order valence-electron chi connectivity index (χ4n) is 1.70. The Labute approximate surface area is 86.5 Å². The van der Waals surface area contributed by atoms with Crippen molar-refractivity contribution in [2.75, 3.05) is 6.54 Å². The number of carbonyl (C=O) groups excluding carboxylic acids is 3. The number of hydrogen-bond donors (Lipinski definition) is 1. The van der Waals surface area contributed by atoms with Crippen LogP contribution in [0.2, 0.25) is 0 Å². The molecule has 6 heteroatoms. The number of hydroxylamine groups is 2. The smallest absolute Gasteiger partial charge is 0.329 e. The quantitative estimate of drug-likeness (QED) is 0.615. The molecule has 2 saturated heterocycles. The zero-order chi connectivity index (χ0) is 10.8. The first-order chi connectivity index (χ1) is 7.18. The molecule has 0 aromatic heterocycles. The Kier molecular flexibility index (Phi) is 2.68. The summed E-state index contributed by atoms with van der Waals surface area (Å²) < 4.78 is 0. The number of amides is 2. The summed E-state index contributed by atoms with van der Waals surface area (Å²) in [6.45, 7) is 0.766. The molecule has 82 valence electrons. The van der Waals surface area contributed by atoms with Gasteiger partial charge in [0.1, 0.15) is 6.04 Å². The molecule has 0 aliphatic carbocycles. The maximum absolute atomic E-state index is 11.5. The standard InChI is InChI=1S/C9H12N2O4/c12-7-3-4-8(13)11(7)15-9(14)6-2-1-5-10-6/h6,10H,1-5H2. The van der Waals surface area contributed by atoms with E-state index in [1.165, 1.54) is 0 Å². The van der Waals surface area contributed by atoms with E-state index in [4.69, 9.17) is 4.84 Å². The molecule has 0 aromatic carbocycles. The zero-order valence-corrected chi connectivity index (χ0v) is 8.19. The fraction of sp³-hybridized carbons (Fsp3) is 0.667. The van der Waals surface area contributed by atoms with Crippen molar-refractivity contribution in [3.05, 3.63) is 0 Å². The molecule has 15 heavy (non-hydrogen) atoms. The third kappa shape index (κ3) is 1.99. The lowest BCUT2D eigenvalue weighted by atomic mass is 10.2. The van der Waals surface area contributed by atoms with Crippen LogP contribution in [0.15, 0.2) is 0 Å². The van der Waals surface area contributed by atoms with E-state index >= 15 is 0 Å². The molecular weight excluding hydrogens is 200 g/mol. The summed E-state index contributed by atoms with van der Waals surface area (Å²) in [5.41, 5.74) is 0. The van der Waals surface area contributed by atoms with Crippen molar-refractivity contribution < 1.29 is 19.2 Å². The second kappa shape index (κ2) is 3.98. The maximum Gasteiger partial charge on any atom is 0.349 e. The van der Waals surface area contributed by atoms with Crippen molar-refractivity contribution in [2.24, 2.45) is 0 Å². The summed E-state index contributed by atoms with van der Waals surface area (Å²) in [6, 6.07) is -0.383. The molecule has 2 aliphatic rings. The van der Waals surface area contributed by atoms with Crippen LogP contribution in [-0.4, -0.2) is 35.4 Å². The van der Waals surface area contributed by atoms with Gasteiger partial charge < -0.3 is 10.2 Å². The van der Waals surface area contributed by atoms with E-state index < -0.39 is 17.8 Å². The van der Waals surface area contributed by atoms with Gasteiger partial charge in [-0.25, -0.2) is 4.79 Å². The highest BCUT2D eigenvalue weighted by atomic mass is 16.7. The summed E-state index contributed by atoms with van der Waals surface area (Å²) in [7, 11) is 0. The van der Waals surface area contributed by atoms with E-state index in [-0.39, 0.29) is 18.9 Å². The van der Waals surface area contributed by atoms with Crippen LogP contribution < -0.4 is 5.32 Å². The summed E-state index contributed by atoms with van der Waals surface area (Å²) in [4.78, 5) is 38.5. The van der Waals surface area contributed by atoms with Gasteiger partial charge in [-0.1, -0.05) is 0 Å². The number of hydrogen-bond acceptors (Lipinski definition) is 5. The Morgan fingerprint density at radius 1 is 1.33 bits per heavy atom. The Hall–Kier alpha value is -1.43. The van der Waals surface area contributed by atoms with Crippen LogP contribution >= 0.6 is 0 Å². The van der Waals surface area contributed by atoms with E-state index in [2.05, 4.69) is 5.32 Å². The summed E-state index contributed by atoms with van der Waals surface area (Å²) in [6.07, 6.45) is 1.85. The number of rotatable bonds is 2. The van der Waals surface area contributed by atoms with E-state index in [1.54, 1.807) is 0 Å². The molecule has 0 aromatic rings. The van der Waals surface area contributed by atoms with E-state index in [9.17, 15) is 14.4 Å². The van der Waals surface area contributed by atoms with Crippen LogP contribution in [0.4, 0.5) is 0 Å². The van der Waals surface area contributed by atoms with Crippen LogP contribution in [-0.2, 0) is 19.2 Å². The molecule has 1 N–H and O–H groups in total. The van der Waals surface area contributed by atoms with Crippen LogP contribution in [0.1, 0.15) is 25.7 Å². The van der Waals surface area contributed by atoms with Gasteiger partial charge in [0.05, 0.1) is 0 Å². The molecule has 2 heterocycles. The summed E-state index contributed by atoms with van der Waals surface area (Å²) in [5, 5.41) is 3.52. The molecule has 2 rings (SSSR count). The molecule has 0 saturated carbocycles. The lowest BCUT2D eigenvalue weighted by molar-refractivity contribution is -0.198. The predicted octanol–water partition coefficient (Wildman–Crippen LogP) is -0.654. The fourth-order valence-corrected chi connectivity index (χ4v) is 1.70. The van der Waals surface area contributed by atoms with E-state index in [0.717, 1.165) is 13.0 Å². The molecule has 2 aliphatic heterocycles. The molecule has 6 nitrogen and oxygen atoms in total. The normalized spacial score (nSPS) is 26.1. The maximum atomic E-state index is 11.5. The highest BCUT2D eigenvalue weighted by Crippen LogP contribution is 2.14. The average Bonchev–Trinajstić information content (AvgIpc) is 2.82. The van der Waals surface area contributed by atoms with Crippen molar-refractivity contribution in [3.8, 4) is 0 Å². The van der Waals surface area contributed by atoms with Crippen molar-refractivity contribution >= 4 is 17.8 Å². The first-order valence-corrected chi connectivity index (χ1v) is 4.99. The topological polar surface area (TPSA) is 75.7 Å². The summed E-state index contributed by atoms with van der Waals surface area (Å²) in [5.74, 6) is -1.42. The Morgan fingerprint density at radius 3 is 2.53 bits per heavy atom. The first-order valence-electron chi connectivity index (χ1n) is 4.99. The van der Waals surface area contributed by atoms with Crippen LogP contribution in [0.3, 0.4) is 0 Å². The lowest BCUT2D eigenvalue weighted by Gasteiger charge is -2.15. The van der Waals surface area contributed by atoms with Gasteiger partial charge in [0, 0.05) is 12.8 Å². The van der Waals surface area contributed by atoms with Crippen LogP contribution in [0.5, 0.6) is 0 Å². The minimum atomic E-state index is -0.545. The minimum Gasteiger partial charge on any atom is -0.329 e. The molecule has 1 atom stereocenters. The molecule has 0 bridgehead atoms. The van der Waals surface area contributed by atoms with Gasteiger partial charge in [-0.3, -0.25) is 9.59 Å². The molecule has 2 fully saturated rings. The molecule has 2 amide bonds. The van der Waals surface area contributed by atoms with Crippen molar-refractivity contribution in [2.45, 2.75) is 31.7 Å².